The minimum atomic E-state index is -5.67. The van der Waals surface area contributed by atoms with Crippen LogP contribution in [0.1, 0.15) is 26.7 Å². The Morgan fingerprint density at radius 1 is 1.35 bits per heavy atom. The van der Waals surface area contributed by atoms with Gasteiger partial charge in [0.2, 0.25) is 0 Å². The summed E-state index contributed by atoms with van der Waals surface area (Å²) in [7, 11) is -5.67. The molecule has 1 heterocycles. The van der Waals surface area contributed by atoms with Crippen molar-refractivity contribution in [1.29, 1.82) is 0 Å². The quantitative estimate of drug-likeness (QED) is 0.571. The molecule has 0 N–H and O–H groups in total. The van der Waals surface area contributed by atoms with Crippen molar-refractivity contribution in [1.82, 2.24) is 0 Å². The zero-order valence-electron chi connectivity index (χ0n) is 12.8. The summed E-state index contributed by atoms with van der Waals surface area (Å²) in [6.07, 6.45) is 4.14. The number of hydrogen-bond acceptors (Lipinski definition) is 5. The van der Waals surface area contributed by atoms with Crippen LogP contribution in [0.2, 0.25) is 0 Å². The summed E-state index contributed by atoms with van der Waals surface area (Å²) < 4.78 is 75.1. The van der Waals surface area contributed by atoms with E-state index in [0.29, 0.717) is 12.4 Å². The molecule has 2 rings (SSSR count). The third-order valence-electron chi connectivity index (χ3n) is 3.91. The summed E-state index contributed by atoms with van der Waals surface area (Å²) in [4.78, 5) is 0. The van der Waals surface area contributed by atoms with Crippen LogP contribution in [0.5, 0.6) is 0 Å². The average Bonchev–Trinajstić information content (AvgIpc) is 2.42. The zero-order valence-corrected chi connectivity index (χ0v) is 13.6. The molecule has 0 saturated carbocycles. The molecule has 0 saturated heterocycles. The molecule has 0 amide bonds. The summed E-state index contributed by atoms with van der Waals surface area (Å²) in [5.41, 5.74) is -5.45. The van der Waals surface area contributed by atoms with Crippen molar-refractivity contribution in [2.45, 2.75) is 32.2 Å². The number of rotatable bonds is 4. The summed E-state index contributed by atoms with van der Waals surface area (Å²) >= 11 is 0. The molecule has 0 bridgehead atoms. The number of allylic oxidation sites excluding steroid dienone is 3. The number of alkyl halides is 3. The van der Waals surface area contributed by atoms with E-state index in [4.69, 9.17) is 9.47 Å². The van der Waals surface area contributed by atoms with E-state index in [1.54, 1.807) is 13.0 Å². The predicted octanol–water partition coefficient (Wildman–Crippen LogP) is 3.31. The molecule has 0 spiro atoms. The lowest BCUT2D eigenvalue weighted by Crippen LogP contribution is -2.31. The molecule has 2 aliphatic rings. The standard InChI is InChI=1S/C14H19F3O5S/c1-9-5-10(2)12(7-11-3-4-20-8-21-11)13(6-9)22-23(18,19)14(15,16)17/h3,6,9-10,12H,4-5,7-8H2,1-2H3/t9-,10+,12-/m1/s1. The largest absolute Gasteiger partial charge is 0.534 e. The fourth-order valence-electron chi connectivity index (χ4n) is 2.80. The topological polar surface area (TPSA) is 61.8 Å². The van der Waals surface area contributed by atoms with Gasteiger partial charge in [0.05, 0.1) is 12.4 Å². The Balaban J connectivity index is 2.23. The summed E-state index contributed by atoms with van der Waals surface area (Å²) in [6.45, 7) is 4.09. The molecule has 1 aliphatic carbocycles. The van der Waals surface area contributed by atoms with Crippen molar-refractivity contribution in [3.05, 3.63) is 23.7 Å². The van der Waals surface area contributed by atoms with Crippen LogP contribution in [-0.2, 0) is 23.8 Å². The molecule has 0 unspecified atom stereocenters. The van der Waals surface area contributed by atoms with Gasteiger partial charge in [0.15, 0.2) is 6.79 Å². The van der Waals surface area contributed by atoms with Gasteiger partial charge in [0.25, 0.3) is 0 Å². The van der Waals surface area contributed by atoms with Gasteiger partial charge in [-0.05, 0) is 30.4 Å². The number of halogens is 3. The van der Waals surface area contributed by atoms with Crippen molar-refractivity contribution in [3.8, 4) is 0 Å². The highest BCUT2D eigenvalue weighted by Crippen LogP contribution is 2.40. The van der Waals surface area contributed by atoms with Crippen LogP contribution < -0.4 is 0 Å². The minimum Gasteiger partial charge on any atom is -0.472 e. The number of hydrogen-bond donors (Lipinski definition) is 0. The van der Waals surface area contributed by atoms with E-state index in [2.05, 4.69) is 4.18 Å². The van der Waals surface area contributed by atoms with E-state index >= 15 is 0 Å². The molecule has 132 valence electrons. The Bertz CT molecular complexity index is 594. The molecule has 0 aromatic rings. The molecule has 3 atom stereocenters. The van der Waals surface area contributed by atoms with E-state index in [-0.39, 0.29) is 30.8 Å². The van der Waals surface area contributed by atoms with Crippen molar-refractivity contribution in [2.75, 3.05) is 13.4 Å². The van der Waals surface area contributed by atoms with Crippen LogP contribution in [0.3, 0.4) is 0 Å². The lowest BCUT2D eigenvalue weighted by atomic mass is 9.77. The fraction of sp³-hybridized carbons (Fsp3) is 0.714. The molecule has 0 radical (unpaired) electrons. The SMILES string of the molecule is C[C@H]1C=C(OS(=O)(=O)C(F)(F)F)[C@H](CC2=CCOCO2)[C@@H](C)C1. The molecular weight excluding hydrogens is 337 g/mol. The lowest BCUT2D eigenvalue weighted by Gasteiger charge is -2.33. The lowest BCUT2D eigenvalue weighted by molar-refractivity contribution is -0.0535. The van der Waals surface area contributed by atoms with Gasteiger partial charge in [0, 0.05) is 12.3 Å². The van der Waals surface area contributed by atoms with Crippen molar-refractivity contribution < 1.29 is 35.2 Å². The van der Waals surface area contributed by atoms with E-state index < -0.39 is 21.5 Å². The highest BCUT2D eigenvalue weighted by Gasteiger charge is 2.50. The third kappa shape index (κ3) is 4.41. The van der Waals surface area contributed by atoms with Crippen LogP contribution in [0.4, 0.5) is 13.2 Å². The Labute approximate surface area is 133 Å². The maximum atomic E-state index is 12.6. The molecule has 5 nitrogen and oxygen atoms in total. The molecule has 1 aliphatic heterocycles. The van der Waals surface area contributed by atoms with Gasteiger partial charge in [-0.3, -0.25) is 0 Å². The maximum Gasteiger partial charge on any atom is 0.534 e. The van der Waals surface area contributed by atoms with Crippen molar-refractivity contribution in [3.63, 3.8) is 0 Å². The van der Waals surface area contributed by atoms with Gasteiger partial charge in [-0.25, -0.2) is 0 Å². The Morgan fingerprint density at radius 2 is 2.04 bits per heavy atom. The Kier molecular flexibility index (Phi) is 5.30. The van der Waals surface area contributed by atoms with Crippen molar-refractivity contribution in [2.24, 2.45) is 17.8 Å². The van der Waals surface area contributed by atoms with Crippen LogP contribution in [0.25, 0.3) is 0 Å². The summed E-state index contributed by atoms with van der Waals surface area (Å²) in [6, 6.07) is 0. The van der Waals surface area contributed by atoms with Gasteiger partial charge in [-0.2, -0.15) is 21.6 Å². The van der Waals surface area contributed by atoms with E-state index in [0.717, 1.165) is 6.42 Å². The first-order chi connectivity index (χ1) is 10.6. The Hall–Kier alpha value is -1.22. The molecule has 9 heteroatoms. The van der Waals surface area contributed by atoms with Crippen LogP contribution in [0.15, 0.2) is 23.7 Å². The van der Waals surface area contributed by atoms with E-state index in [1.165, 1.54) is 6.08 Å². The summed E-state index contributed by atoms with van der Waals surface area (Å²) in [5.74, 6) is -0.191. The second-order valence-corrected chi connectivity index (χ2v) is 7.39. The number of ether oxygens (including phenoxy) is 2. The predicted molar refractivity (Wildman–Crippen MR) is 75.2 cm³/mol. The maximum absolute atomic E-state index is 12.6. The van der Waals surface area contributed by atoms with Gasteiger partial charge in [0.1, 0.15) is 5.76 Å². The van der Waals surface area contributed by atoms with Crippen LogP contribution >= 0.6 is 0 Å². The highest BCUT2D eigenvalue weighted by atomic mass is 32.2. The van der Waals surface area contributed by atoms with Crippen LogP contribution in [-0.4, -0.2) is 27.3 Å². The third-order valence-corrected chi connectivity index (χ3v) is 4.89. The van der Waals surface area contributed by atoms with E-state index in [1.807, 2.05) is 6.92 Å². The molecular formula is C14H19F3O5S. The average molecular weight is 356 g/mol. The van der Waals surface area contributed by atoms with Crippen molar-refractivity contribution >= 4 is 10.1 Å². The van der Waals surface area contributed by atoms with Gasteiger partial charge in [-0.1, -0.05) is 13.8 Å². The molecule has 0 fully saturated rings. The molecule has 23 heavy (non-hydrogen) atoms. The smallest absolute Gasteiger partial charge is 0.472 e. The fourth-order valence-corrected chi connectivity index (χ4v) is 3.33. The normalized spacial score (nSPS) is 29.3. The van der Waals surface area contributed by atoms with Gasteiger partial charge >= 0.3 is 15.6 Å². The zero-order chi connectivity index (χ0) is 17.3. The van der Waals surface area contributed by atoms with Gasteiger partial charge < -0.3 is 13.7 Å². The first kappa shape index (κ1) is 18.1. The minimum absolute atomic E-state index is 0.0409. The Morgan fingerprint density at radius 3 is 2.61 bits per heavy atom. The second kappa shape index (κ2) is 6.72. The molecule has 0 aromatic carbocycles. The molecule has 0 aromatic heterocycles. The van der Waals surface area contributed by atoms with Crippen LogP contribution in [0, 0.1) is 17.8 Å². The first-order valence-electron chi connectivity index (χ1n) is 7.22. The first-order valence-corrected chi connectivity index (χ1v) is 8.63. The second-order valence-electron chi connectivity index (χ2n) is 5.86. The monoisotopic (exact) mass is 356 g/mol. The summed E-state index contributed by atoms with van der Waals surface area (Å²) in [5, 5.41) is 0. The van der Waals surface area contributed by atoms with Gasteiger partial charge in [-0.15, -0.1) is 0 Å². The highest BCUT2D eigenvalue weighted by molar-refractivity contribution is 7.87. The van der Waals surface area contributed by atoms with E-state index in [9.17, 15) is 21.6 Å².